The minimum Gasteiger partial charge on any atom is -0.481 e. The highest BCUT2D eigenvalue weighted by molar-refractivity contribution is 7.98. The molecular formula is C13H21N3O2S. The van der Waals surface area contributed by atoms with Crippen LogP contribution in [0.25, 0.3) is 0 Å². The summed E-state index contributed by atoms with van der Waals surface area (Å²) in [7, 11) is 0. The van der Waals surface area contributed by atoms with E-state index in [1.807, 2.05) is 33.1 Å². The van der Waals surface area contributed by atoms with Gasteiger partial charge in [-0.3, -0.25) is 4.79 Å². The van der Waals surface area contributed by atoms with Crippen molar-refractivity contribution in [1.29, 1.82) is 0 Å². The second-order valence-electron chi connectivity index (χ2n) is 5.63. The highest BCUT2D eigenvalue weighted by atomic mass is 32.2. The number of aromatic nitrogens is 2. The Hall–Kier alpha value is -1.30. The van der Waals surface area contributed by atoms with Crippen LogP contribution in [-0.2, 0) is 4.79 Å². The molecular weight excluding hydrogens is 262 g/mol. The molecule has 0 saturated heterocycles. The maximum atomic E-state index is 11.2. The van der Waals surface area contributed by atoms with Crippen LogP contribution in [0, 0.1) is 11.3 Å². The number of thioether (sulfide) groups is 1. The average molecular weight is 283 g/mol. The topological polar surface area (TPSA) is 75.1 Å². The Labute approximate surface area is 118 Å². The van der Waals surface area contributed by atoms with Crippen LogP contribution < -0.4 is 5.32 Å². The van der Waals surface area contributed by atoms with Crippen LogP contribution in [0.15, 0.2) is 17.4 Å². The zero-order valence-electron chi connectivity index (χ0n) is 11.8. The third-order valence-electron chi connectivity index (χ3n) is 2.59. The summed E-state index contributed by atoms with van der Waals surface area (Å²) in [6.07, 6.45) is 4.04. The van der Waals surface area contributed by atoms with E-state index in [0.717, 1.165) is 5.03 Å². The summed E-state index contributed by atoms with van der Waals surface area (Å²) >= 11 is 1.53. The van der Waals surface area contributed by atoms with Crippen LogP contribution in [0.2, 0.25) is 0 Å². The number of carboxylic acids is 1. The molecule has 106 valence electrons. The number of hydrogen-bond donors (Lipinski definition) is 2. The fraction of sp³-hybridized carbons (Fsp3) is 0.615. The third-order valence-corrected chi connectivity index (χ3v) is 3.23. The Bertz CT molecular complexity index is 432. The summed E-state index contributed by atoms with van der Waals surface area (Å²) in [6, 6.07) is 1.82. The lowest BCUT2D eigenvalue weighted by Crippen LogP contribution is -2.27. The largest absolute Gasteiger partial charge is 0.481 e. The molecule has 0 saturated carbocycles. The highest BCUT2D eigenvalue weighted by Crippen LogP contribution is 2.25. The van der Waals surface area contributed by atoms with Crippen LogP contribution in [0.4, 0.5) is 5.82 Å². The normalized spacial score (nSPS) is 13.1. The van der Waals surface area contributed by atoms with Crippen LogP contribution in [0.1, 0.15) is 27.2 Å². The summed E-state index contributed by atoms with van der Waals surface area (Å²) in [5, 5.41) is 13.2. The molecule has 6 heteroatoms. The Balaban J connectivity index is 2.63. The number of hydrogen-bond acceptors (Lipinski definition) is 5. The lowest BCUT2D eigenvalue weighted by molar-refractivity contribution is -0.142. The van der Waals surface area contributed by atoms with E-state index in [2.05, 4.69) is 15.3 Å². The molecule has 1 unspecified atom stereocenters. The van der Waals surface area contributed by atoms with Crippen molar-refractivity contribution in [2.45, 2.75) is 32.2 Å². The molecule has 1 atom stereocenters. The van der Waals surface area contributed by atoms with Crippen molar-refractivity contribution in [2.24, 2.45) is 11.3 Å². The standard InChI is InChI=1S/C13H21N3O2S/c1-13(2,3)6-9(12(17)18)7-14-10-5-11(19-4)16-8-15-10/h5,8-9H,6-7H2,1-4H3,(H,17,18)(H,14,15,16). The number of aliphatic carboxylic acids is 1. The van der Waals surface area contributed by atoms with Gasteiger partial charge in [-0.05, 0) is 18.1 Å². The molecule has 19 heavy (non-hydrogen) atoms. The zero-order valence-corrected chi connectivity index (χ0v) is 12.6. The van der Waals surface area contributed by atoms with E-state index in [4.69, 9.17) is 0 Å². The molecule has 0 aliphatic carbocycles. The lowest BCUT2D eigenvalue weighted by Gasteiger charge is -2.23. The van der Waals surface area contributed by atoms with Crippen molar-refractivity contribution in [3.63, 3.8) is 0 Å². The molecule has 0 spiro atoms. The second-order valence-corrected chi connectivity index (χ2v) is 6.45. The average Bonchev–Trinajstić information content (AvgIpc) is 2.33. The summed E-state index contributed by atoms with van der Waals surface area (Å²) in [6.45, 7) is 6.50. The van der Waals surface area contributed by atoms with Crippen LogP contribution in [0.3, 0.4) is 0 Å². The van der Waals surface area contributed by atoms with Gasteiger partial charge in [0, 0.05) is 12.6 Å². The second kappa shape index (κ2) is 6.75. The fourth-order valence-electron chi connectivity index (χ4n) is 1.76. The van der Waals surface area contributed by atoms with Gasteiger partial charge in [0.25, 0.3) is 0 Å². The van der Waals surface area contributed by atoms with Gasteiger partial charge in [0.2, 0.25) is 0 Å². The number of nitrogens with one attached hydrogen (secondary N) is 1. The first-order valence-corrected chi connectivity index (χ1v) is 7.37. The zero-order chi connectivity index (χ0) is 14.5. The number of rotatable bonds is 6. The first-order chi connectivity index (χ1) is 8.81. The third kappa shape index (κ3) is 5.92. The molecule has 0 bridgehead atoms. The van der Waals surface area contributed by atoms with Crippen LogP contribution >= 0.6 is 11.8 Å². The van der Waals surface area contributed by atoms with E-state index >= 15 is 0 Å². The van der Waals surface area contributed by atoms with E-state index in [9.17, 15) is 9.90 Å². The van der Waals surface area contributed by atoms with Gasteiger partial charge in [0.05, 0.1) is 5.92 Å². The Morgan fingerprint density at radius 2 is 2.16 bits per heavy atom. The molecule has 0 aromatic carbocycles. The monoisotopic (exact) mass is 283 g/mol. The molecule has 0 amide bonds. The number of anilines is 1. The van der Waals surface area contributed by atoms with Gasteiger partial charge >= 0.3 is 5.97 Å². The quantitative estimate of drug-likeness (QED) is 0.617. The molecule has 1 heterocycles. The van der Waals surface area contributed by atoms with Crippen LogP contribution in [-0.4, -0.2) is 33.8 Å². The number of carboxylic acid groups (broad SMARTS) is 1. The predicted octanol–water partition coefficient (Wildman–Crippen LogP) is 2.75. The molecule has 0 radical (unpaired) electrons. The Morgan fingerprint density at radius 1 is 1.47 bits per heavy atom. The van der Waals surface area contributed by atoms with Gasteiger partial charge in [0.1, 0.15) is 17.2 Å². The maximum absolute atomic E-state index is 11.2. The number of carbonyl (C=O) groups is 1. The van der Waals surface area contributed by atoms with E-state index < -0.39 is 11.9 Å². The van der Waals surface area contributed by atoms with Crippen molar-refractivity contribution in [2.75, 3.05) is 18.1 Å². The maximum Gasteiger partial charge on any atom is 0.308 e. The summed E-state index contributed by atoms with van der Waals surface area (Å²) in [5.41, 5.74) is -0.0131. The van der Waals surface area contributed by atoms with Gasteiger partial charge in [-0.15, -0.1) is 11.8 Å². The highest BCUT2D eigenvalue weighted by Gasteiger charge is 2.24. The molecule has 0 aliphatic heterocycles. The first kappa shape index (κ1) is 15.8. The molecule has 1 aromatic rings. The van der Waals surface area contributed by atoms with Gasteiger partial charge < -0.3 is 10.4 Å². The van der Waals surface area contributed by atoms with E-state index in [1.165, 1.54) is 18.1 Å². The van der Waals surface area contributed by atoms with Crippen molar-refractivity contribution < 1.29 is 9.90 Å². The number of nitrogens with zero attached hydrogens (tertiary/aromatic N) is 2. The SMILES string of the molecule is CSc1cc(NCC(CC(C)(C)C)C(=O)O)ncn1. The van der Waals surface area contributed by atoms with Crippen molar-refractivity contribution in [3.05, 3.63) is 12.4 Å². The molecule has 5 nitrogen and oxygen atoms in total. The molecule has 2 N–H and O–H groups in total. The lowest BCUT2D eigenvalue weighted by atomic mass is 9.84. The van der Waals surface area contributed by atoms with Crippen molar-refractivity contribution in [3.8, 4) is 0 Å². The van der Waals surface area contributed by atoms with E-state index in [0.29, 0.717) is 18.8 Å². The van der Waals surface area contributed by atoms with E-state index in [1.54, 1.807) is 0 Å². The van der Waals surface area contributed by atoms with Crippen molar-refractivity contribution in [1.82, 2.24) is 9.97 Å². The van der Waals surface area contributed by atoms with Gasteiger partial charge in [-0.1, -0.05) is 20.8 Å². The van der Waals surface area contributed by atoms with Gasteiger partial charge in [-0.2, -0.15) is 0 Å². The fourth-order valence-corrected chi connectivity index (χ4v) is 2.14. The summed E-state index contributed by atoms with van der Waals surface area (Å²) in [5.74, 6) is -0.534. The summed E-state index contributed by atoms with van der Waals surface area (Å²) < 4.78 is 0. The van der Waals surface area contributed by atoms with Gasteiger partial charge in [0.15, 0.2) is 0 Å². The summed E-state index contributed by atoms with van der Waals surface area (Å²) in [4.78, 5) is 19.4. The molecule has 1 aromatic heterocycles. The minimum absolute atomic E-state index is 0.0131. The molecule has 0 aliphatic rings. The van der Waals surface area contributed by atoms with Crippen LogP contribution in [0.5, 0.6) is 0 Å². The smallest absolute Gasteiger partial charge is 0.308 e. The molecule has 1 rings (SSSR count). The Kier molecular flexibility index (Phi) is 5.60. The molecule has 0 fully saturated rings. The Morgan fingerprint density at radius 3 is 2.68 bits per heavy atom. The minimum atomic E-state index is -0.776. The van der Waals surface area contributed by atoms with Crippen molar-refractivity contribution >= 4 is 23.5 Å². The van der Waals surface area contributed by atoms with E-state index in [-0.39, 0.29) is 5.41 Å². The first-order valence-electron chi connectivity index (χ1n) is 6.14. The predicted molar refractivity (Wildman–Crippen MR) is 77.5 cm³/mol. The van der Waals surface area contributed by atoms with Gasteiger partial charge in [-0.25, -0.2) is 9.97 Å².